The van der Waals surface area contributed by atoms with Crippen LogP contribution in [0.25, 0.3) is 0 Å². The lowest BCUT2D eigenvalue weighted by atomic mass is 10.1. The highest BCUT2D eigenvalue weighted by atomic mass is 32.2. The maximum atomic E-state index is 11.6. The fourth-order valence-electron chi connectivity index (χ4n) is 2.28. The van der Waals surface area contributed by atoms with Gasteiger partial charge in [-0.3, -0.25) is 4.79 Å². The van der Waals surface area contributed by atoms with Crippen molar-refractivity contribution in [2.75, 3.05) is 13.7 Å². The van der Waals surface area contributed by atoms with Crippen LogP contribution < -0.4 is 0 Å². The molecular formula is C14H16O3S2. The molecule has 1 aromatic carbocycles. The standard InChI is InChI=1S/C14H16O3S2/c1-3-17-14(18)19-12-6-4-5-9-7-10(8-11(9)12)13(15)16-2/h4-6,10H,3,7-8H2,1-2H3. The summed E-state index contributed by atoms with van der Waals surface area (Å²) in [6.45, 7) is 2.49. The minimum absolute atomic E-state index is 0.0672. The predicted molar refractivity (Wildman–Crippen MR) is 79.4 cm³/mol. The summed E-state index contributed by atoms with van der Waals surface area (Å²) in [6.07, 6.45) is 1.47. The summed E-state index contributed by atoms with van der Waals surface area (Å²) in [5, 5.41) is 0. The van der Waals surface area contributed by atoms with Crippen molar-refractivity contribution in [1.29, 1.82) is 0 Å². The monoisotopic (exact) mass is 296 g/mol. The second kappa shape index (κ2) is 6.39. The van der Waals surface area contributed by atoms with Gasteiger partial charge in [0.25, 0.3) is 0 Å². The van der Waals surface area contributed by atoms with Crippen molar-refractivity contribution in [2.45, 2.75) is 24.7 Å². The van der Waals surface area contributed by atoms with Crippen LogP contribution in [0.2, 0.25) is 0 Å². The molecule has 1 aliphatic carbocycles. The molecule has 0 amide bonds. The molecule has 0 aliphatic heterocycles. The SMILES string of the molecule is CCOC(=S)Sc1cccc2c1CC(C(=O)OC)C2. The highest BCUT2D eigenvalue weighted by molar-refractivity contribution is 8.22. The predicted octanol–water partition coefficient (Wildman–Crippen LogP) is 2.99. The molecule has 1 unspecified atom stereocenters. The number of hydrogen-bond acceptors (Lipinski definition) is 5. The molecular weight excluding hydrogens is 280 g/mol. The minimum Gasteiger partial charge on any atom is -0.479 e. The number of fused-ring (bicyclic) bond motifs is 1. The summed E-state index contributed by atoms with van der Waals surface area (Å²) in [6, 6.07) is 6.08. The summed E-state index contributed by atoms with van der Waals surface area (Å²) >= 11 is 6.61. The lowest BCUT2D eigenvalue weighted by molar-refractivity contribution is -0.145. The number of rotatable bonds is 3. The smallest absolute Gasteiger partial charge is 0.309 e. The van der Waals surface area contributed by atoms with Crippen molar-refractivity contribution in [3.8, 4) is 0 Å². The number of carbonyl (C=O) groups is 1. The van der Waals surface area contributed by atoms with Crippen LogP contribution in [0, 0.1) is 5.92 Å². The van der Waals surface area contributed by atoms with Crippen molar-refractivity contribution in [1.82, 2.24) is 0 Å². The molecule has 0 heterocycles. The second-order valence-corrected chi connectivity index (χ2v) is 5.95. The normalized spacial score (nSPS) is 16.8. The molecule has 0 bridgehead atoms. The first-order valence-electron chi connectivity index (χ1n) is 6.19. The number of thiocarbonyl (C=S) groups is 1. The molecule has 0 radical (unpaired) electrons. The minimum atomic E-state index is -0.139. The van der Waals surface area contributed by atoms with Crippen molar-refractivity contribution >= 4 is 34.3 Å². The van der Waals surface area contributed by atoms with Gasteiger partial charge in [-0.25, -0.2) is 0 Å². The Morgan fingerprint density at radius 2 is 2.26 bits per heavy atom. The van der Waals surface area contributed by atoms with Gasteiger partial charge in [0, 0.05) is 4.90 Å². The van der Waals surface area contributed by atoms with E-state index in [1.165, 1.54) is 30.0 Å². The van der Waals surface area contributed by atoms with E-state index in [1.807, 2.05) is 19.1 Å². The molecule has 0 N–H and O–H groups in total. The van der Waals surface area contributed by atoms with E-state index in [-0.39, 0.29) is 11.9 Å². The first-order valence-corrected chi connectivity index (χ1v) is 7.41. The van der Waals surface area contributed by atoms with Gasteiger partial charge in [-0.1, -0.05) is 12.1 Å². The zero-order valence-corrected chi connectivity index (χ0v) is 12.6. The van der Waals surface area contributed by atoms with Gasteiger partial charge in [0.15, 0.2) is 0 Å². The molecule has 0 fully saturated rings. The number of carbonyl (C=O) groups excluding carboxylic acids is 1. The molecule has 1 aliphatic rings. The van der Waals surface area contributed by atoms with E-state index in [1.54, 1.807) is 0 Å². The van der Waals surface area contributed by atoms with Crippen molar-refractivity contribution < 1.29 is 14.3 Å². The van der Waals surface area contributed by atoms with Crippen LogP contribution in [0.15, 0.2) is 23.1 Å². The third-order valence-electron chi connectivity index (χ3n) is 3.14. The number of benzene rings is 1. The third-order valence-corrected chi connectivity index (χ3v) is 4.39. The van der Waals surface area contributed by atoms with Crippen LogP contribution in [0.5, 0.6) is 0 Å². The Kier molecular flexibility index (Phi) is 4.82. The third kappa shape index (κ3) is 3.28. The molecule has 102 valence electrons. The average molecular weight is 296 g/mol. The largest absolute Gasteiger partial charge is 0.479 e. The summed E-state index contributed by atoms with van der Waals surface area (Å²) in [5.41, 5.74) is 2.41. The molecule has 3 nitrogen and oxygen atoms in total. The molecule has 5 heteroatoms. The van der Waals surface area contributed by atoms with Gasteiger partial charge in [-0.05, 0) is 60.9 Å². The highest BCUT2D eigenvalue weighted by Crippen LogP contribution is 2.35. The summed E-state index contributed by atoms with van der Waals surface area (Å²) in [4.78, 5) is 12.7. The van der Waals surface area contributed by atoms with E-state index in [0.717, 1.165) is 17.7 Å². The number of hydrogen-bond donors (Lipinski definition) is 0. The fraction of sp³-hybridized carbons (Fsp3) is 0.429. The maximum absolute atomic E-state index is 11.6. The van der Waals surface area contributed by atoms with E-state index < -0.39 is 0 Å². The molecule has 1 aromatic rings. The maximum Gasteiger partial charge on any atom is 0.309 e. The molecule has 0 saturated heterocycles. The molecule has 0 aromatic heterocycles. The molecule has 19 heavy (non-hydrogen) atoms. The Morgan fingerprint density at radius 1 is 1.47 bits per heavy atom. The Morgan fingerprint density at radius 3 is 2.95 bits per heavy atom. The number of esters is 1. The zero-order valence-electron chi connectivity index (χ0n) is 11.0. The Hall–Kier alpha value is -1.07. The Bertz CT molecular complexity index is 499. The second-order valence-electron chi connectivity index (χ2n) is 4.31. The Balaban J connectivity index is 2.16. The van der Waals surface area contributed by atoms with E-state index in [4.69, 9.17) is 21.7 Å². The van der Waals surface area contributed by atoms with E-state index >= 15 is 0 Å². The quantitative estimate of drug-likeness (QED) is 0.487. The van der Waals surface area contributed by atoms with Gasteiger partial charge in [-0.15, -0.1) is 0 Å². The lowest BCUT2D eigenvalue weighted by Crippen LogP contribution is -2.16. The first-order chi connectivity index (χ1) is 9.15. The fourth-order valence-corrected chi connectivity index (χ4v) is 3.51. The summed E-state index contributed by atoms with van der Waals surface area (Å²) in [5.74, 6) is -0.207. The van der Waals surface area contributed by atoms with Gasteiger partial charge in [0.05, 0.1) is 19.6 Å². The van der Waals surface area contributed by atoms with E-state index in [2.05, 4.69) is 6.07 Å². The number of ether oxygens (including phenoxy) is 2. The van der Waals surface area contributed by atoms with Crippen LogP contribution in [-0.2, 0) is 27.1 Å². The van der Waals surface area contributed by atoms with Crippen LogP contribution in [0.4, 0.5) is 0 Å². The van der Waals surface area contributed by atoms with E-state index in [9.17, 15) is 4.79 Å². The van der Waals surface area contributed by atoms with Crippen molar-refractivity contribution in [3.63, 3.8) is 0 Å². The molecule has 0 saturated carbocycles. The Labute approximate surface area is 122 Å². The van der Waals surface area contributed by atoms with Crippen LogP contribution in [-0.4, -0.2) is 24.1 Å². The summed E-state index contributed by atoms with van der Waals surface area (Å²) in [7, 11) is 1.44. The lowest BCUT2D eigenvalue weighted by Gasteiger charge is -2.09. The average Bonchev–Trinajstić information content (AvgIpc) is 2.83. The first kappa shape index (κ1) is 14.3. The van der Waals surface area contributed by atoms with Gasteiger partial charge >= 0.3 is 5.97 Å². The molecule has 0 spiro atoms. The van der Waals surface area contributed by atoms with Crippen LogP contribution >= 0.6 is 24.0 Å². The van der Waals surface area contributed by atoms with Gasteiger partial charge in [0.1, 0.15) is 0 Å². The van der Waals surface area contributed by atoms with Crippen LogP contribution in [0.1, 0.15) is 18.1 Å². The van der Waals surface area contributed by atoms with E-state index in [0.29, 0.717) is 11.0 Å². The summed E-state index contributed by atoms with van der Waals surface area (Å²) < 4.78 is 10.7. The molecule has 2 rings (SSSR count). The van der Waals surface area contributed by atoms with Crippen molar-refractivity contribution in [3.05, 3.63) is 29.3 Å². The number of methoxy groups -OCH3 is 1. The van der Waals surface area contributed by atoms with Crippen LogP contribution in [0.3, 0.4) is 0 Å². The topological polar surface area (TPSA) is 35.5 Å². The van der Waals surface area contributed by atoms with Gasteiger partial charge in [-0.2, -0.15) is 0 Å². The molecule has 1 atom stereocenters. The zero-order chi connectivity index (χ0) is 13.8. The number of thioether (sulfide) groups is 1. The van der Waals surface area contributed by atoms with Crippen molar-refractivity contribution in [2.24, 2.45) is 5.92 Å². The highest BCUT2D eigenvalue weighted by Gasteiger charge is 2.30. The van der Waals surface area contributed by atoms with Gasteiger partial charge in [0.2, 0.25) is 4.38 Å². The van der Waals surface area contributed by atoms with Gasteiger partial charge < -0.3 is 9.47 Å².